The molecule has 1 N–H and O–H groups in total. The maximum atomic E-state index is 8.80. The summed E-state index contributed by atoms with van der Waals surface area (Å²) < 4.78 is 11.1. The van der Waals surface area contributed by atoms with E-state index in [0.29, 0.717) is 5.92 Å². The predicted octanol–water partition coefficient (Wildman–Crippen LogP) is 2.61. The van der Waals surface area contributed by atoms with Gasteiger partial charge in [0.2, 0.25) is 0 Å². The molecule has 0 unspecified atom stereocenters. The Kier molecular flexibility index (Phi) is 5.11. The highest BCUT2D eigenvalue weighted by Gasteiger charge is 2.16. The zero-order chi connectivity index (χ0) is 13.5. The fourth-order valence-corrected chi connectivity index (χ4v) is 2.38. The third kappa shape index (κ3) is 3.90. The van der Waals surface area contributed by atoms with Crippen LogP contribution in [0.5, 0.6) is 11.5 Å². The predicted molar refractivity (Wildman–Crippen MR) is 74.4 cm³/mol. The Morgan fingerprint density at radius 3 is 2.79 bits per heavy atom. The molecule has 0 amide bonds. The summed E-state index contributed by atoms with van der Waals surface area (Å²) in [6.07, 6.45) is 5.14. The summed E-state index contributed by atoms with van der Waals surface area (Å²) in [5.41, 5.74) is 0.770. The summed E-state index contributed by atoms with van der Waals surface area (Å²) in [5.74, 6) is 7.75. The third-order valence-corrected chi connectivity index (χ3v) is 3.44. The molecule has 0 aliphatic heterocycles. The zero-order valence-corrected chi connectivity index (χ0v) is 11.3. The number of hydrogen-bond donors (Lipinski definition) is 1. The minimum absolute atomic E-state index is 0.153. The Hall–Kier alpha value is -1.66. The summed E-state index contributed by atoms with van der Waals surface area (Å²) in [6, 6.07) is 5.59. The quantitative estimate of drug-likeness (QED) is 0.846. The normalized spacial score (nSPS) is 14.8. The third-order valence-electron chi connectivity index (χ3n) is 3.44. The van der Waals surface area contributed by atoms with Crippen molar-refractivity contribution in [1.82, 2.24) is 0 Å². The molecule has 0 radical (unpaired) electrons. The zero-order valence-electron chi connectivity index (χ0n) is 11.3. The molecule has 1 aromatic carbocycles. The lowest BCUT2D eigenvalue weighted by Crippen LogP contribution is -2.08. The average Bonchev–Trinajstić information content (AvgIpc) is 2.96. The minimum atomic E-state index is -0.153. The number of methoxy groups -OCH3 is 1. The monoisotopic (exact) mass is 260 g/mol. The van der Waals surface area contributed by atoms with Crippen LogP contribution in [0.25, 0.3) is 0 Å². The van der Waals surface area contributed by atoms with Crippen molar-refractivity contribution in [2.24, 2.45) is 5.92 Å². The van der Waals surface area contributed by atoms with Gasteiger partial charge in [-0.15, -0.1) is 0 Å². The van der Waals surface area contributed by atoms with Crippen molar-refractivity contribution < 1.29 is 14.6 Å². The Bertz CT molecular complexity index is 465. The summed E-state index contributed by atoms with van der Waals surface area (Å²) in [5, 5.41) is 8.80. The van der Waals surface area contributed by atoms with Crippen LogP contribution in [0.1, 0.15) is 31.2 Å². The first kappa shape index (κ1) is 13.8. The van der Waals surface area contributed by atoms with Gasteiger partial charge in [0.15, 0.2) is 0 Å². The topological polar surface area (TPSA) is 38.7 Å². The van der Waals surface area contributed by atoms with Crippen LogP contribution in [-0.2, 0) is 0 Å². The number of aliphatic hydroxyl groups is 1. The van der Waals surface area contributed by atoms with E-state index in [1.807, 2.05) is 18.2 Å². The van der Waals surface area contributed by atoms with Crippen molar-refractivity contribution in [3.05, 3.63) is 23.8 Å². The maximum absolute atomic E-state index is 8.80. The summed E-state index contributed by atoms with van der Waals surface area (Å²) in [4.78, 5) is 0. The van der Waals surface area contributed by atoms with Gasteiger partial charge in [0, 0.05) is 0 Å². The molecule has 19 heavy (non-hydrogen) atoms. The van der Waals surface area contributed by atoms with Gasteiger partial charge < -0.3 is 14.6 Å². The van der Waals surface area contributed by atoms with Crippen LogP contribution in [0.2, 0.25) is 0 Å². The fraction of sp³-hybridized carbons (Fsp3) is 0.500. The summed E-state index contributed by atoms with van der Waals surface area (Å²) >= 11 is 0. The molecule has 0 saturated heterocycles. The first-order chi connectivity index (χ1) is 9.33. The second-order valence-electron chi connectivity index (χ2n) is 4.78. The molecule has 1 aromatic rings. The second kappa shape index (κ2) is 7.06. The highest BCUT2D eigenvalue weighted by Crippen LogP contribution is 2.28. The van der Waals surface area contributed by atoms with Crippen LogP contribution in [0.4, 0.5) is 0 Å². The molecule has 3 heteroatoms. The van der Waals surface area contributed by atoms with Crippen molar-refractivity contribution in [1.29, 1.82) is 0 Å². The Morgan fingerprint density at radius 1 is 1.32 bits per heavy atom. The largest absolute Gasteiger partial charge is 0.497 e. The van der Waals surface area contributed by atoms with E-state index in [9.17, 15) is 0 Å². The van der Waals surface area contributed by atoms with Crippen molar-refractivity contribution >= 4 is 0 Å². The van der Waals surface area contributed by atoms with Crippen molar-refractivity contribution in [3.8, 4) is 23.3 Å². The van der Waals surface area contributed by atoms with Crippen LogP contribution >= 0.6 is 0 Å². The first-order valence-corrected chi connectivity index (χ1v) is 6.74. The van der Waals surface area contributed by atoms with E-state index < -0.39 is 0 Å². The fourth-order valence-electron chi connectivity index (χ4n) is 2.38. The van der Waals surface area contributed by atoms with Gasteiger partial charge in [0.1, 0.15) is 18.1 Å². The van der Waals surface area contributed by atoms with Crippen molar-refractivity contribution in [3.63, 3.8) is 0 Å². The smallest absolute Gasteiger partial charge is 0.135 e. The van der Waals surface area contributed by atoms with Gasteiger partial charge in [-0.3, -0.25) is 0 Å². The first-order valence-electron chi connectivity index (χ1n) is 6.74. The lowest BCUT2D eigenvalue weighted by atomic mass is 10.1. The van der Waals surface area contributed by atoms with Crippen LogP contribution < -0.4 is 9.47 Å². The van der Waals surface area contributed by atoms with E-state index in [-0.39, 0.29) is 6.61 Å². The van der Waals surface area contributed by atoms with E-state index in [1.54, 1.807) is 7.11 Å². The molecule has 0 heterocycles. The minimum Gasteiger partial charge on any atom is -0.497 e. The Labute approximate surface area is 114 Å². The molecule has 1 fully saturated rings. The Morgan fingerprint density at radius 2 is 2.11 bits per heavy atom. The van der Waals surface area contributed by atoms with E-state index in [1.165, 1.54) is 25.7 Å². The number of hydrogen-bond acceptors (Lipinski definition) is 3. The molecule has 2 rings (SSSR count). The lowest BCUT2D eigenvalue weighted by molar-refractivity contribution is 0.251. The van der Waals surface area contributed by atoms with E-state index in [0.717, 1.165) is 23.7 Å². The highest BCUT2D eigenvalue weighted by molar-refractivity contribution is 5.50. The van der Waals surface area contributed by atoms with Crippen LogP contribution in [0, 0.1) is 17.8 Å². The summed E-state index contributed by atoms with van der Waals surface area (Å²) in [6.45, 7) is 0.597. The van der Waals surface area contributed by atoms with Gasteiger partial charge in [-0.05, 0) is 37.0 Å². The number of benzene rings is 1. The second-order valence-corrected chi connectivity index (χ2v) is 4.78. The number of aliphatic hydroxyl groups excluding tert-OH is 1. The molecule has 0 aromatic heterocycles. The molecule has 1 aliphatic rings. The molecule has 0 spiro atoms. The molecule has 0 bridgehead atoms. The highest BCUT2D eigenvalue weighted by atomic mass is 16.5. The lowest BCUT2D eigenvalue weighted by Gasteiger charge is -2.13. The van der Waals surface area contributed by atoms with Crippen molar-refractivity contribution in [2.45, 2.75) is 25.7 Å². The van der Waals surface area contributed by atoms with Gasteiger partial charge in [-0.1, -0.05) is 24.7 Å². The van der Waals surface area contributed by atoms with Gasteiger partial charge in [-0.25, -0.2) is 0 Å². The van der Waals surface area contributed by atoms with E-state index in [4.69, 9.17) is 14.6 Å². The van der Waals surface area contributed by atoms with Crippen LogP contribution in [-0.4, -0.2) is 25.4 Å². The molecule has 3 nitrogen and oxygen atoms in total. The molecular weight excluding hydrogens is 240 g/mol. The maximum Gasteiger partial charge on any atom is 0.135 e. The molecule has 1 aliphatic carbocycles. The molecule has 0 atom stereocenters. The van der Waals surface area contributed by atoms with Gasteiger partial charge in [0.25, 0.3) is 0 Å². The van der Waals surface area contributed by atoms with Gasteiger partial charge in [-0.2, -0.15) is 0 Å². The number of rotatable bonds is 4. The summed E-state index contributed by atoms with van der Waals surface area (Å²) in [7, 11) is 1.62. The molecule has 1 saturated carbocycles. The van der Waals surface area contributed by atoms with Crippen molar-refractivity contribution in [2.75, 3.05) is 20.3 Å². The number of ether oxygens (including phenoxy) is 2. The van der Waals surface area contributed by atoms with E-state index in [2.05, 4.69) is 11.8 Å². The van der Waals surface area contributed by atoms with E-state index >= 15 is 0 Å². The molecule has 102 valence electrons. The van der Waals surface area contributed by atoms with Gasteiger partial charge in [0.05, 0.1) is 19.3 Å². The molecular formula is C16H20O3. The van der Waals surface area contributed by atoms with Gasteiger partial charge >= 0.3 is 0 Å². The standard InChI is InChI=1S/C16H20O3/c1-18-15-8-9-16(14(11-15)7-4-10-17)19-12-13-5-2-3-6-13/h8-9,11,13,17H,2-3,5-6,10,12H2,1H3. The van der Waals surface area contributed by atoms with Crippen LogP contribution in [0.15, 0.2) is 18.2 Å². The van der Waals surface area contributed by atoms with Crippen LogP contribution in [0.3, 0.4) is 0 Å². The Balaban J connectivity index is 2.08. The average molecular weight is 260 g/mol. The SMILES string of the molecule is COc1ccc(OCC2CCCC2)c(C#CCO)c1.